The van der Waals surface area contributed by atoms with Crippen LogP contribution < -0.4 is 10.2 Å². The van der Waals surface area contributed by atoms with Crippen LogP contribution in [0.2, 0.25) is 10.0 Å². The van der Waals surface area contributed by atoms with Crippen molar-refractivity contribution in [2.45, 2.75) is 26.2 Å². The second-order valence-corrected chi connectivity index (χ2v) is 6.27. The van der Waals surface area contributed by atoms with Gasteiger partial charge in [0.15, 0.2) is 0 Å². The Morgan fingerprint density at radius 2 is 2.04 bits per heavy atom. The summed E-state index contributed by atoms with van der Waals surface area (Å²) in [5.41, 5.74) is 1.07. The SMILES string of the molecule is CCCCN(C)c1nccc(NCCc2ccc(Cl)cc2Cl)n1. The fourth-order valence-electron chi connectivity index (χ4n) is 2.18. The van der Waals surface area contributed by atoms with Crippen molar-refractivity contribution in [1.82, 2.24) is 9.97 Å². The van der Waals surface area contributed by atoms with E-state index in [4.69, 9.17) is 23.2 Å². The van der Waals surface area contributed by atoms with Crippen LogP contribution in [-0.2, 0) is 6.42 Å². The summed E-state index contributed by atoms with van der Waals surface area (Å²) >= 11 is 12.1. The lowest BCUT2D eigenvalue weighted by Gasteiger charge is -2.17. The molecule has 0 fully saturated rings. The quantitative estimate of drug-likeness (QED) is 0.749. The third-order valence-electron chi connectivity index (χ3n) is 3.55. The highest BCUT2D eigenvalue weighted by atomic mass is 35.5. The zero-order valence-corrected chi connectivity index (χ0v) is 15.0. The number of nitrogens with zero attached hydrogens (tertiary/aromatic N) is 3. The molecule has 0 amide bonds. The van der Waals surface area contributed by atoms with Gasteiger partial charge in [0, 0.05) is 36.4 Å². The molecule has 0 spiro atoms. The third kappa shape index (κ3) is 5.56. The van der Waals surface area contributed by atoms with Crippen molar-refractivity contribution >= 4 is 35.0 Å². The first kappa shape index (κ1) is 17.8. The predicted octanol–water partition coefficient (Wildman–Crippen LogP) is 4.67. The van der Waals surface area contributed by atoms with Gasteiger partial charge in [-0.25, -0.2) is 4.98 Å². The summed E-state index contributed by atoms with van der Waals surface area (Å²) in [6, 6.07) is 7.45. The Hall–Kier alpha value is -1.52. The molecular formula is C17H22Cl2N4. The number of aromatic nitrogens is 2. The van der Waals surface area contributed by atoms with Crippen molar-refractivity contribution in [2.75, 3.05) is 30.4 Å². The van der Waals surface area contributed by atoms with E-state index in [1.54, 1.807) is 12.3 Å². The second-order valence-electron chi connectivity index (χ2n) is 5.43. The molecule has 0 unspecified atom stereocenters. The van der Waals surface area contributed by atoms with Crippen LogP contribution in [0.15, 0.2) is 30.5 Å². The normalized spacial score (nSPS) is 10.6. The van der Waals surface area contributed by atoms with E-state index in [1.165, 1.54) is 0 Å². The van der Waals surface area contributed by atoms with Crippen molar-refractivity contribution in [3.05, 3.63) is 46.1 Å². The number of unbranched alkanes of at least 4 members (excludes halogenated alkanes) is 1. The van der Waals surface area contributed by atoms with E-state index in [1.807, 2.05) is 25.2 Å². The van der Waals surface area contributed by atoms with E-state index in [2.05, 4.69) is 27.1 Å². The summed E-state index contributed by atoms with van der Waals surface area (Å²) in [5.74, 6) is 1.57. The lowest BCUT2D eigenvalue weighted by molar-refractivity contribution is 0.750. The molecule has 1 aromatic carbocycles. The standard InChI is InChI=1S/C17H22Cl2N4/c1-3-4-11-23(2)17-21-10-8-16(22-17)20-9-7-13-5-6-14(18)12-15(13)19/h5-6,8,10,12H,3-4,7,9,11H2,1-2H3,(H,20,21,22). The molecule has 1 aromatic heterocycles. The second kappa shape index (κ2) is 8.94. The molecule has 0 aliphatic carbocycles. The number of anilines is 2. The Kier molecular flexibility index (Phi) is 6.93. The fraction of sp³-hybridized carbons (Fsp3) is 0.412. The van der Waals surface area contributed by atoms with Gasteiger partial charge in [0.2, 0.25) is 5.95 Å². The molecule has 2 aromatic rings. The monoisotopic (exact) mass is 352 g/mol. The Morgan fingerprint density at radius 1 is 1.22 bits per heavy atom. The van der Waals surface area contributed by atoms with Crippen molar-refractivity contribution in [2.24, 2.45) is 0 Å². The Labute approximate surface area is 147 Å². The van der Waals surface area contributed by atoms with Crippen molar-refractivity contribution in [1.29, 1.82) is 0 Å². The van der Waals surface area contributed by atoms with Gasteiger partial charge in [0.1, 0.15) is 5.82 Å². The summed E-state index contributed by atoms with van der Waals surface area (Å²) in [7, 11) is 2.02. The van der Waals surface area contributed by atoms with Gasteiger partial charge in [-0.2, -0.15) is 4.98 Å². The van der Waals surface area contributed by atoms with Crippen LogP contribution >= 0.6 is 23.2 Å². The van der Waals surface area contributed by atoms with Crippen LogP contribution in [-0.4, -0.2) is 30.1 Å². The molecule has 4 nitrogen and oxygen atoms in total. The van der Waals surface area contributed by atoms with Crippen LogP contribution in [0.25, 0.3) is 0 Å². The van der Waals surface area contributed by atoms with E-state index < -0.39 is 0 Å². The van der Waals surface area contributed by atoms with E-state index in [9.17, 15) is 0 Å². The number of halogens is 2. The van der Waals surface area contributed by atoms with Crippen LogP contribution in [0, 0.1) is 0 Å². The number of hydrogen-bond acceptors (Lipinski definition) is 4. The van der Waals surface area contributed by atoms with E-state index in [-0.39, 0.29) is 0 Å². The lowest BCUT2D eigenvalue weighted by atomic mass is 10.1. The molecule has 0 atom stereocenters. The minimum atomic E-state index is 0.655. The van der Waals surface area contributed by atoms with Crippen molar-refractivity contribution < 1.29 is 0 Å². The maximum atomic E-state index is 6.18. The largest absolute Gasteiger partial charge is 0.370 e. The molecule has 0 aliphatic rings. The summed E-state index contributed by atoms with van der Waals surface area (Å²) in [6.45, 7) is 3.88. The molecule has 0 saturated heterocycles. The molecule has 0 radical (unpaired) electrons. The lowest BCUT2D eigenvalue weighted by Crippen LogP contribution is -2.21. The minimum absolute atomic E-state index is 0.655. The highest BCUT2D eigenvalue weighted by Crippen LogP contribution is 2.21. The number of rotatable bonds is 8. The first-order valence-electron chi connectivity index (χ1n) is 7.82. The highest BCUT2D eigenvalue weighted by Gasteiger charge is 2.05. The summed E-state index contributed by atoms with van der Waals surface area (Å²) in [4.78, 5) is 10.9. The molecule has 0 aliphatic heterocycles. The van der Waals surface area contributed by atoms with Crippen LogP contribution in [0.1, 0.15) is 25.3 Å². The van der Waals surface area contributed by atoms with Gasteiger partial charge in [-0.15, -0.1) is 0 Å². The summed E-state index contributed by atoms with van der Waals surface area (Å²) < 4.78 is 0. The number of benzene rings is 1. The molecule has 6 heteroatoms. The Balaban J connectivity index is 1.90. The van der Waals surface area contributed by atoms with Crippen LogP contribution in [0.4, 0.5) is 11.8 Å². The molecule has 124 valence electrons. The van der Waals surface area contributed by atoms with Crippen LogP contribution in [0.5, 0.6) is 0 Å². The van der Waals surface area contributed by atoms with Gasteiger partial charge < -0.3 is 10.2 Å². The highest BCUT2D eigenvalue weighted by molar-refractivity contribution is 6.35. The van der Waals surface area contributed by atoms with Crippen molar-refractivity contribution in [3.63, 3.8) is 0 Å². The molecular weight excluding hydrogens is 331 g/mol. The zero-order chi connectivity index (χ0) is 16.7. The van der Waals surface area contributed by atoms with E-state index >= 15 is 0 Å². The Bertz CT molecular complexity index is 634. The van der Waals surface area contributed by atoms with Gasteiger partial charge in [-0.1, -0.05) is 42.6 Å². The smallest absolute Gasteiger partial charge is 0.226 e. The first-order chi connectivity index (χ1) is 11.1. The van der Waals surface area contributed by atoms with E-state index in [0.29, 0.717) is 10.0 Å². The average Bonchev–Trinajstić information content (AvgIpc) is 2.55. The summed E-state index contributed by atoms with van der Waals surface area (Å²) in [5, 5.41) is 4.67. The predicted molar refractivity (Wildman–Crippen MR) is 98.9 cm³/mol. The zero-order valence-electron chi connectivity index (χ0n) is 13.5. The molecule has 0 saturated carbocycles. The van der Waals surface area contributed by atoms with Gasteiger partial charge in [-0.3, -0.25) is 0 Å². The van der Waals surface area contributed by atoms with Crippen molar-refractivity contribution in [3.8, 4) is 0 Å². The third-order valence-corrected chi connectivity index (χ3v) is 4.13. The molecule has 23 heavy (non-hydrogen) atoms. The average molecular weight is 353 g/mol. The maximum absolute atomic E-state index is 6.18. The van der Waals surface area contributed by atoms with E-state index in [0.717, 1.165) is 49.7 Å². The number of hydrogen-bond donors (Lipinski definition) is 1. The van der Waals surface area contributed by atoms with Crippen LogP contribution in [0.3, 0.4) is 0 Å². The van der Waals surface area contributed by atoms with Gasteiger partial charge >= 0.3 is 0 Å². The molecule has 1 N–H and O–H groups in total. The van der Waals surface area contributed by atoms with Gasteiger partial charge in [0.25, 0.3) is 0 Å². The van der Waals surface area contributed by atoms with Gasteiger partial charge in [-0.05, 0) is 36.6 Å². The number of nitrogens with one attached hydrogen (secondary N) is 1. The summed E-state index contributed by atoms with van der Waals surface area (Å²) in [6.07, 6.45) is 4.88. The molecule has 0 bridgehead atoms. The Morgan fingerprint density at radius 3 is 2.78 bits per heavy atom. The minimum Gasteiger partial charge on any atom is -0.370 e. The topological polar surface area (TPSA) is 41.1 Å². The van der Waals surface area contributed by atoms with Gasteiger partial charge in [0.05, 0.1) is 0 Å². The fourth-order valence-corrected chi connectivity index (χ4v) is 2.68. The maximum Gasteiger partial charge on any atom is 0.226 e. The first-order valence-corrected chi connectivity index (χ1v) is 8.57. The molecule has 1 heterocycles. The molecule has 2 rings (SSSR count).